The van der Waals surface area contributed by atoms with Crippen molar-refractivity contribution in [3.8, 4) is 0 Å². The number of amides is 1. The van der Waals surface area contributed by atoms with Gasteiger partial charge in [0, 0.05) is 47.3 Å². The number of ketones is 1. The molecule has 8 heteroatoms. The van der Waals surface area contributed by atoms with E-state index in [9.17, 15) is 14.4 Å². The van der Waals surface area contributed by atoms with E-state index >= 15 is 0 Å². The molecule has 1 amide bonds. The third kappa shape index (κ3) is 5.37. The Morgan fingerprint density at radius 2 is 1.79 bits per heavy atom. The van der Waals surface area contributed by atoms with Crippen LogP contribution >= 0.6 is 11.6 Å². The van der Waals surface area contributed by atoms with E-state index in [4.69, 9.17) is 16.3 Å². The fourth-order valence-electron chi connectivity index (χ4n) is 4.10. The van der Waals surface area contributed by atoms with E-state index in [1.807, 2.05) is 13.0 Å². The van der Waals surface area contributed by atoms with Crippen molar-refractivity contribution in [1.82, 2.24) is 14.5 Å². The molecule has 0 saturated carbocycles. The van der Waals surface area contributed by atoms with Crippen LogP contribution in [-0.4, -0.2) is 45.3 Å². The van der Waals surface area contributed by atoms with Crippen molar-refractivity contribution in [2.24, 2.45) is 0 Å². The molecule has 0 unspecified atom stereocenters. The molecular formula is C26H28ClN3O4. The number of rotatable bonds is 9. The molecule has 178 valence electrons. The summed E-state index contributed by atoms with van der Waals surface area (Å²) in [6.45, 7) is 7.99. The Morgan fingerprint density at radius 3 is 2.38 bits per heavy atom. The molecule has 0 fully saturated rings. The third-order valence-corrected chi connectivity index (χ3v) is 5.89. The Kier molecular flexibility index (Phi) is 8.23. The van der Waals surface area contributed by atoms with Crippen LogP contribution in [0.4, 0.5) is 0 Å². The van der Waals surface area contributed by atoms with Gasteiger partial charge in [-0.25, -0.2) is 4.79 Å². The maximum absolute atomic E-state index is 13.5. The van der Waals surface area contributed by atoms with Crippen molar-refractivity contribution in [3.63, 3.8) is 0 Å². The number of aromatic nitrogens is 2. The van der Waals surface area contributed by atoms with Crippen LogP contribution in [0, 0.1) is 13.8 Å². The first-order chi connectivity index (χ1) is 16.3. The lowest BCUT2D eigenvalue weighted by atomic mass is 10.0. The summed E-state index contributed by atoms with van der Waals surface area (Å²) in [5.41, 5.74) is 3.26. The Hall–Kier alpha value is -3.45. The summed E-state index contributed by atoms with van der Waals surface area (Å²) in [5.74, 6) is -1.02. The molecule has 0 aliphatic rings. The van der Waals surface area contributed by atoms with E-state index < -0.39 is 5.97 Å². The summed E-state index contributed by atoms with van der Waals surface area (Å²) >= 11 is 5.98. The largest absolute Gasteiger partial charge is 0.461 e. The Balaban J connectivity index is 1.97. The minimum absolute atomic E-state index is 0.159. The quantitative estimate of drug-likeness (QED) is 0.321. The molecule has 2 aromatic heterocycles. The second kappa shape index (κ2) is 11.1. The van der Waals surface area contributed by atoms with Crippen LogP contribution in [0.3, 0.4) is 0 Å². The van der Waals surface area contributed by atoms with Crippen molar-refractivity contribution < 1.29 is 19.1 Å². The van der Waals surface area contributed by atoms with Gasteiger partial charge >= 0.3 is 5.97 Å². The first kappa shape index (κ1) is 25.2. The van der Waals surface area contributed by atoms with E-state index in [1.54, 1.807) is 68.1 Å². The summed E-state index contributed by atoms with van der Waals surface area (Å²) in [4.78, 5) is 45.1. The number of ether oxygens (including phenoxy) is 1. The molecule has 3 rings (SSSR count). The molecular weight excluding hydrogens is 454 g/mol. The lowest BCUT2D eigenvalue weighted by Crippen LogP contribution is -2.35. The molecule has 2 heterocycles. The van der Waals surface area contributed by atoms with Gasteiger partial charge in [-0.2, -0.15) is 0 Å². The van der Waals surface area contributed by atoms with Gasteiger partial charge in [-0.1, -0.05) is 17.7 Å². The molecule has 0 radical (unpaired) electrons. The van der Waals surface area contributed by atoms with Gasteiger partial charge in [0.15, 0.2) is 5.78 Å². The van der Waals surface area contributed by atoms with Gasteiger partial charge in [0.05, 0.1) is 13.2 Å². The fraction of sp³-hybridized carbons (Fsp3) is 0.308. The maximum Gasteiger partial charge on any atom is 0.355 e. The van der Waals surface area contributed by atoms with Gasteiger partial charge < -0.3 is 14.2 Å². The second-order valence-electron chi connectivity index (χ2n) is 7.85. The molecule has 3 aromatic rings. The standard InChI is InChI=1S/C26H28ClN3O4/c1-5-30-18(4)23(17(3)24(30)26(33)34-6-2)22(31)16-29(15-19-8-7-13-28-14-19)25(32)20-9-11-21(27)12-10-20/h7-14H,5-6,15-16H2,1-4H3. The highest BCUT2D eigenvalue weighted by Crippen LogP contribution is 2.25. The number of hydrogen-bond donors (Lipinski definition) is 0. The molecule has 0 aliphatic carbocycles. The summed E-state index contributed by atoms with van der Waals surface area (Å²) in [7, 11) is 0. The van der Waals surface area contributed by atoms with Crippen molar-refractivity contribution in [2.45, 2.75) is 40.8 Å². The molecule has 0 N–H and O–H groups in total. The van der Waals surface area contributed by atoms with E-state index in [0.29, 0.717) is 39.6 Å². The highest BCUT2D eigenvalue weighted by molar-refractivity contribution is 6.30. The van der Waals surface area contributed by atoms with Gasteiger partial charge in [0.25, 0.3) is 5.91 Å². The zero-order chi connectivity index (χ0) is 24.8. The maximum atomic E-state index is 13.5. The third-order valence-electron chi connectivity index (χ3n) is 5.64. The SMILES string of the molecule is CCOC(=O)c1c(C)c(C(=O)CN(Cc2cccnc2)C(=O)c2ccc(Cl)cc2)c(C)n1CC. The second-order valence-corrected chi connectivity index (χ2v) is 8.29. The number of halogens is 1. The lowest BCUT2D eigenvalue weighted by molar-refractivity contribution is 0.0512. The number of Topliss-reactive ketones (excluding diaryl/α,β-unsaturated/α-hetero) is 1. The van der Waals surface area contributed by atoms with Crippen LogP contribution in [0.25, 0.3) is 0 Å². The molecule has 7 nitrogen and oxygen atoms in total. The highest BCUT2D eigenvalue weighted by Gasteiger charge is 2.28. The predicted molar refractivity (Wildman–Crippen MR) is 130 cm³/mol. The van der Waals surface area contributed by atoms with Crippen molar-refractivity contribution in [3.05, 3.63) is 87.5 Å². The number of hydrogen-bond acceptors (Lipinski definition) is 5. The Labute approximate surface area is 204 Å². The fourth-order valence-corrected chi connectivity index (χ4v) is 4.23. The van der Waals surface area contributed by atoms with Gasteiger partial charge in [-0.05, 0) is 69.2 Å². The molecule has 1 aromatic carbocycles. The smallest absolute Gasteiger partial charge is 0.355 e. The summed E-state index contributed by atoms with van der Waals surface area (Å²) < 4.78 is 7.00. The Bertz CT molecular complexity index is 1190. The number of pyridine rings is 1. The van der Waals surface area contributed by atoms with Gasteiger partial charge in [0.1, 0.15) is 5.69 Å². The van der Waals surface area contributed by atoms with E-state index in [0.717, 1.165) is 5.56 Å². The first-order valence-corrected chi connectivity index (χ1v) is 11.5. The van der Waals surface area contributed by atoms with Crippen molar-refractivity contribution >= 4 is 29.3 Å². The van der Waals surface area contributed by atoms with Gasteiger partial charge in [-0.3, -0.25) is 14.6 Å². The van der Waals surface area contributed by atoms with E-state index in [-0.39, 0.29) is 31.4 Å². The number of benzene rings is 1. The minimum atomic E-state index is -0.464. The molecule has 0 aliphatic heterocycles. The predicted octanol–water partition coefficient (Wildman–Crippen LogP) is 4.88. The minimum Gasteiger partial charge on any atom is -0.461 e. The molecule has 0 bridgehead atoms. The summed E-state index contributed by atoms with van der Waals surface area (Å²) in [6.07, 6.45) is 3.31. The zero-order valence-electron chi connectivity index (χ0n) is 19.8. The first-order valence-electron chi connectivity index (χ1n) is 11.1. The van der Waals surface area contributed by atoms with Crippen LogP contribution < -0.4 is 0 Å². The zero-order valence-corrected chi connectivity index (χ0v) is 20.6. The average molecular weight is 482 g/mol. The van der Waals surface area contributed by atoms with Crippen LogP contribution in [0.5, 0.6) is 0 Å². The van der Waals surface area contributed by atoms with Crippen molar-refractivity contribution in [1.29, 1.82) is 0 Å². The lowest BCUT2D eigenvalue weighted by Gasteiger charge is -2.22. The number of nitrogens with zero attached hydrogens (tertiary/aromatic N) is 3. The molecule has 0 atom stereocenters. The highest BCUT2D eigenvalue weighted by atomic mass is 35.5. The van der Waals surface area contributed by atoms with Crippen LogP contribution in [0.15, 0.2) is 48.8 Å². The van der Waals surface area contributed by atoms with Crippen LogP contribution in [-0.2, 0) is 17.8 Å². The summed E-state index contributed by atoms with van der Waals surface area (Å²) in [6, 6.07) is 10.2. The molecule has 0 saturated heterocycles. The average Bonchev–Trinajstić information content (AvgIpc) is 3.08. The monoisotopic (exact) mass is 481 g/mol. The normalized spacial score (nSPS) is 10.7. The summed E-state index contributed by atoms with van der Waals surface area (Å²) in [5, 5.41) is 0.519. The van der Waals surface area contributed by atoms with E-state index in [2.05, 4.69) is 4.98 Å². The van der Waals surface area contributed by atoms with Gasteiger partial charge in [0.2, 0.25) is 0 Å². The number of carbonyl (C=O) groups excluding carboxylic acids is 3. The van der Waals surface area contributed by atoms with Crippen molar-refractivity contribution in [2.75, 3.05) is 13.2 Å². The van der Waals surface area contributed by atoms with Crippen LogP contribution in [0.2, 0.25) is 5.02 Å². The number of esters is 1. The number of carbonyl (C=O) groups is 3. The van der Waals surface area contributed by atoms with Crippen LogP contribution in [0.1, 0.15) is 61.9 Å². The van der Waals surface area contributed by atoms with Gasteiger partial charge in [-0.15, -0.1) is 0 Å². The Morgan fingerprint density at radius 1 is 1.09 bits per heavy atom. The topological polar surface area (TPSA) is 81.5 Å². The molecule has 0 spiro atoms. The molecule has 34 heavy (non-hydrogen) atoms. The van der Waals surface area contributed by atoms with E-state index in [1.165, 1.54) is 4.90 Å².